The summed E-state index contributed by atoms with van der Waals surface area (Å²) in [6.07, 6.45) is 0.698. The topological polar surface area (TPSA) is 109 Å². The molecule has 2 aliphatic rings. The number of rotatable bonds is 5. The van der Waals surface area contributed by atoms with Crippen LogP contribution in [0.4, 0.5) is 0 Å². The molecule has 9 nitrogen and oxygen atoms in total. The number of amides is 2. The van der Waals surface area contributed by atoms with Crippen molar-refractivity contribution < 1.29 is 24.5 Å². The third kappa shape index (κ3) is 2.25. The van der Waals surface area contributed by atoms with E-state index in [0.717, 1.165) is 4.90 Å². The second-order valence-electron chi connectivity index (χ2n) is 4.96. The van der Waals surface area contributed by atoms with Crippen molar-refractivity contribution in [2.24, 2.45) is 5.28 Å². The summed E-state index contributed by atoms with van der Waals surface area (Å²) in [6, 6.07) is 6.16. The first kappa shape index (κ1) is 14.3. The fourth-order valence-electron chi connectivity index (χ4n) is 2.37. The first-order valence-electron chi connectivity index (χ1n) is 6.76. The van der Waals surface area contributed by atoms with Crippen molar-refractivity contribution in [1.29, 1.82) is 0 Å². The molecule has 2 amide bonds. The molecular weight excluding hydrogens is 292 g/mol. The van der Waals surface area contributed by atoms with Gasteiger partial charge in [-0.2, -0.15) is 0 Å². The van der Waals surface area contributed by atoms with Crippen LogP contribution in [0.15, 0.2) is 29.5 Å². The number of carbonyl (C=O) groups excluding carboxylic acids is 2. The molecule has 1 fully saturated rings. The van der Waals surface area contributed by atoms with E-state index in [9.17, 15) is 14.8 Å². The van der Waals surface area contributed by atoms with Gasteiger partial charge in [0.15, 0.2) is 0 Å². The monoisotopic (exact) mass is 306 g/mol. The summed E-state index contributed by atoms with van der Waals surface area (Å²) in [5.74, 6) is -0.962. The second-order valence-corrected chi connectivity index (χ2v) is 4.96. The average Bonchev–Trinajstić information content (AvgIpc) is 2.72. The Morgan fingerprint density at radius 1 is 1.32 bits per heavy atom. The number of hydrogen-bond acceptors (Lipinski definition) is 6. The second kappa shape index (κ2) is 5.60. The van der Waals surface area contributed by atoms with Crippen molar-refractivity contribution in [3.8, 4) is 0 Å². The predicted molar refractivity (Wildman–Crippen MR) is 71.1 cm³/mol. The number of fused-ring (bicyclic) bond motifs is 1. The minimum absolute atomic E-state index is 0.146. The summed E-state index contributed by atoms with van der Waals surface area (Å²) in [5.41, 5.74) is 0.608. The molecule has 2 aliphatic heterocycles. The normalized spacial score (nSPS) is 21.0. The van der Waals surface area contributed by atoms with E-state index in [1.165, 1.54) is 5.01 Å². The lowest BCUT2D eigenvalue weighted by atomic mass is 10.1. The molecule has 0 unspecified atom stereocenters. The van der Waals surface area contributed by atoms with E-state index in [0.29, 0.717) is 24.1 Å². The van der Waals surface area contributed by atoms with Crippen LogP contribution in [-0.2, 0) is 4.84 Å². The average molecular weight is 306 g/mol. The first-order chi connectivity index (χ1) is 10.6. The van der Waals surface area contributed by atoms with Gasteiger partial charge >= 0.3 is 0 Å². The fourth-order valence-corrected chi connectivity index (χ4v) is 2.37. The maximum Gasteiger partial charge on any atom is 0.264 e. The summed E-state index contributed by atoms with van der Waals surface area (Å²) >= 11 is 0. The number of imide groups is 1. The third-order valence-electron chi connectivity index (χ3n) is 3.74. The summed E-state index contributed by atoms with van der Waals surface area (Å²) in [4.78, 5) is 30.0. The highest BCUT2D eigenvalue weighted by Crippen LogP contribution is 2.22. The molecule has 0 saturated carbocycles. The highest BCUT2D eigenvalue weighted by Gasteiger charge is 2.37. The maximum absolute atomic E-state index is 12.0. The Labute approximate surface area is 125 Å². The Morgan fingerprint density at radius 2 is 1.95 bits per heavy atom. The molecule has 2 heterocycles. The molecular formula is C13H14N4O5. The minimum atomic E-state index is -0.481. The smallest absolute Gasteiger partial charge is 0.264 e. The molecule has 0 bridgehead atoms. The lowest BCUT2D eigenvalue weighted by Crippen LogP contribution is -2.53. The summed E-state index contributed by atoms with van der Waals surface area (Å²) in [5, 5.41) is 25.2. The Kier molecular flexibility index (Phi) is 3.63. The number of benzene rings is 1. The zero-order valence-corrected chi connectivity index (χ0v) is 11.6. The van der Waals surface area contributed by atoms with Gasteiger partial charge in [-0.15, -0.1) is 5.01 Å². The number of carbonyl (C=O) groups is 2. The zero-order valence-electron chi connectivity index (χ0n) is 11.6. The standard InChI is InChI=1S/C13H14N4O5/c18-7-9-5-6-16(9)17(21)14-22-8-15-12(19)10-3-1-2-4-11(10)13(15)20/h1-4,9,18H,5-8H2/t9-/m0/s1. The number of aliphatic hydroxyl groups excluding tert-OH is 1. The van der Waals surface area contributed by atoms with Crippen LogP contribution in [0.5, 0.6) is 0 Å². The van der Waals surface area contributed by atoms with Crippen LogP contribution >= 0.6 is 0 Å². The molecule has 22 heavy (non-hydrogen) atoms. The van der Waals surface area contributed by atoms with Crippen molar-refractivity contribution in [2.75, 3.05) is 19.9 Å². The van der Waals surface area contributed by atoms with Gasteiger partial charge in [0, 0.05) is 0 Å². The zero-order chi connectivity index (χ0) is 15.7. The quantitative estimate of drug-likeness (QED) is 0.358. The largest absolute Gasteiger partial charge is 0.569 e. The van der Waals surface area contributed by atoms with Crippen LogP contribution < -0.4 is 0 Å². The van der Waals surface area contributed by atoms with E-state index in [1.807, 2.05) is 0 Å². The van der Waals surface area contributed by atoms with E-state index in [-0.39, 0.29) is 17.6 Å². The number of hydrazine groups is 1. The third-order valence-corrected chi connectivity index (χ3v) is 3.74. The molecule has 0 aliphatic carbocycles. The van der Waals surface area contributed by atoms with Crippen LogP contribution in [0.3, 0.4) is 0 Å². The summed E-state index contributed by atoms with van der Waals surface area (Å²) < 4.78 is 0. The van der Waals surface area contributed by atoms with Crippen molar-refractivity contribution in [1.82, 2.24) is 9.91 Å². The lowest BCUT2D eigenvalue weighted by Gasteiger charge is -2.33. The molecule has 116 valence electrons. The van der Waals surface area contributed by atoms with Gasteiger partial charge in [0.2, 0.25) is 12.0 Å². The molecule has 1 atom stereocenters. The SMILES string of the molecule is O=C1c2ccccc2C(=O)N1CON=[N+]([O-])N1CC[C@H]1CO. The van der Waals surface area contributed by atoms with Gasteiger partial charge in [-0.25, -0.2) is 4.90 Å². The van der Waals surface area contributed by atoms with Crippen LogP contribution in [0.25, 0.3) is 0 Å². The maximum atomic E-state index is 12.0. The van der Waals surface area contributed by atoms with E-state index in [4.69, 9.17) is 9.94 Å². The summed E-state index contributed by atoms with van der Waals surface area (Å²) in [7, 11) is 0. The van der Waals surface area contributed by atoms with Gasteiger partial charge in [-0.05, 0) is 18.6 Å². The van der Waals surface area contributed by atoms with Gasteiger partial charge in [0.1, 0.15) is 6.04 Å². The molecule has 1 N–H and O–H groups in total. The molecule has 0 spiro atoms. The first-order valence-corrected chi connectivity index (χ1v) is 6.76. The molecule has 3 rings (SSSR count). The molecule has 0 aromatic heterocycles. The number of hydrogen-bond donors (Lipinski definition) is 1. The Bertz CT molecular complexity index is 610. The molecule has 0 radical (unpaired) electrons. The Morgan fingerprint density at radius 3 is 2.45 bits per heavy atom. The number of aliphatic hydroxyl groups is 1. The highest BCUT2D eigenvalue weighted by atomic mass is 16.7. The Balaban J connectivity index is 1.61. The van der Waals surface area contributed by atoms with E-state index >= 15 is 0 Å². The Hall–Kier alpha value is -2.68. The molecule has 1 aromatic rings. The van der Waals surface area contributed by atoms with Crippen LogP contribution in [0.1, 0.15) is 27.1 Å². The summed E-state index contributed by atoms with van der Waals surface area (Å²) in [6.45, 7) is -0.121. The van der Waals surface area contributed by atoms with Gasteiger partial charge < -0.3 is 15.2 Å². The van der Waals surface area contributed by atoms with E-state index in [1.54, 1.807) is 24.3 Å². The van der Waals surface area contributed by atoms with Crippen molar-refractivity contribution in [3.63, 3.8) is 0 Å². The van der Waals surface area contributed by atoms with Crippen LogP contribution in [0.2, 0.25) is 0 Å². The van der Waals surface area contributed by atoms with E-state index in [2.05, 4.69) is 5.28 Å². The van der Waals surface area contributed by atoms with Gasteiger partial charge in [-0.3, -0.25) is 9.59 Å². The van der Waals surface area contributed by atoms with Crippen molar-refractivity contribution in [3.05, 3.63) is 40.6 Å². The lowest BCUT2D eigenvalue weighted by molar-refractivity contribution is -0.732. The number of nitrogens with zero attached hydrogens (tertiary/aromatic N) is 4. The fraction of sp³-hybridized carbons (Fsp3) is 0.385. The molecule has 1 saturated heterocycles. The van der Waals surface area contributed by atoms with Crippen molar-refractivity contribution >= 4 is 11.8 Å². The van der Waals surface area contributed by atoms with Gasteiger partial charge in [0.25, 0.3) is 11.8 Å². The van der Waals surface area contributed by atoms with E-state index < -0.39 is 18.5 Å². The van der Waals surface area contributed by atoms with Crippen molar-refractivity contribution in [2.45, 2.75) is 12.5 Å². The van der Waals surface area contributed by atoms with Gasteiger partial charge in [-0.1, -0.05) is 12.1 Å². The predicted octanol–water partition coefficient (Wildman–Crippen LogP) is 0.116. The van der Waals surface area contributed by atoms with Crippen LogP contribution in [-0.4, -0.2) is 57.7 Å². The molecule has 9 heteroatoms. The van der Waals surface area contributed by atoms with Gasteiger partial charge in [0.05, 0.1) is 29.2 Å². The minimum Gasteiger partial charge on any atom is -0.569 e. The highest BCUT2D eigenvalue weighted by molar-refractivity contribution is 6.21. The van der Waals surface area contributed by atoms with Crippen LogP contribution in [0, 0.1) is 5.21 Å². The molecule has 1 aromatic carbocycles.